The van der Waals surface area contributed by atoms with Crippen LogP contribution in [0.4, 0.5) is 0 Å². The van der Waals surface area contributed by atoms with Crippen LogP contribution in [0.3, 0.4) is 0 Å². The molecule has 1 aliphatic heterocycles. The summed E-state index contributed by atoms with van der Waals surface area (Å²) in [4.78, 5) is 29.6. The molecule has 9 heteroatoms. The number of carbonyl (C=O) groups excluding carboxylic acids is 1. The Kier molecular flexibility index (Phi) is 4.64. The van der Waals surface area contributed by atoms with Crippen LogP contribution in [0.25, 0.3) is 10.6 Å². The van der Waals surface area contributed by atoms with Crippen LogP contribution in [0.2, 0.25) is 0 Å². The van der Waals surface area contributed by atoms with E-state index in [0.717, 1.165) is 4.88 Å². The van der Waals surface area contributed by atoms with Crippen molar-refractivity contribution in [1.82, 2.24) is 14.7 Å². The number of hydrogen-bond acceptors (Lipinski definition) is 8. The summed E-state index contributed by atoms with van der Waals surface area (Å²) in [7, 11) is 0. The SMILES string of the molecule is Cc1cc(=O)n2c(n1)SC[C@@H]2CC(=O)OCc1cc(-c2cccs2)on1. The van der Waals surface area contributed by atoms with E-state index in [2.05, 4.69) is 10.1 Å². The van der Waals surface area contributed by atoms with Gasteiger partial charge in [0.05, 0.1) is 17.3 Å². The maximum Gasteiger partial charge on any atom is 0.308 e. The van der Waals surface area contributed by atoms with Gasteiger partial charge in [-0.15, -0.1) is 11.3 Å². The number of aromatic nitrogens is 3. The van der Waals surface area contributed by atoms with Gasteiger partial charge >= 0.3 is 5.97 Å². The minimum absolute atomic E-state index is 0.0431. The summed E-state index contributed by atoms with van der Waals surface area (Å²) < 4.78 is 12.1. The Labute approximate surface area is 157 Å². The molecule has 0 bridgehead atoms. The van der Waals surface area contributed by atoms with Crippen LogP contribution in [-0.2, 0) is 16.1 Å². The van der Waals surface area contributed by atoms with Gasteiger partial charge in [0.1, 0.15) is 12.3 Å². The number of aryl methyl sites for hydroxylation is 1. The van der Waals surface area contributed by atoms with Crippen molar-refractivity contribution in [1.29, 1.82) is 0 Å². The molecule has 4 heterocycles. The summed E-state index contributed by atoms with van der Waals surface area (Å²) in [5, 5.41) is 6.53. The summed E-state index contributed by atoms with van der Waals surface area (Å²) in [5.41, 5.74) is 1.11. The summed E-state index contributed by atoms with van der Waals surface area (Å²) in [6.07, 6.45) is 0.125. The van der Waals surface area contributed by atoms with Gasteiger partial charge in [0.25, 0.3) is 5.56 Å². The predicted molar refractivity (Wildman–Crippen MR) is 97.2 cm³/mol. The molecule has 4 rings (SSSR count). The highest BCUT2D eigenvalue weighted by atomic mass is 32.2. The van der Waals surface area contributed by atoms with Gasteiger partial charge in [0.2, 0.25) is 0 Å². The van der Waals surface area contributed by atoms with Crippen LogP contribution in [0.15, 0.2) is 44.1 Å². The van der Waals surface area contributed by atoms with Crippen molar-refractivity contribution in [2.75, 3.05) is 5.75 Å². The number of hydrogen-bond donors (Lipinski definition) is 0. The van der Waals surface area contributed by atoms with Crippen LogP contribution in [-0.4, -0.2) is 26.4 Å². The van der Waals surface area contributed by atoms with E-state index in [1.165, 1.54) is 17.8 Å². The number of nitrogens with zero attached hydrogens (tertiary/aromatic N) is 3. The molecule has 0 unspecified atom stereocenters. The number of esters is 1. The fourth-order valence-electron chi connectivity index (χ4n) is 2.73. The molecule has 0 spiro atoms. The Bertz CT molecular complexity index is 994. The molecule has 3 aromatic rings. The summed E-state index contributed by atoms with van der Waals surface area (Å²) in [6, 6.07) is 6.87. The van der Waals surface area contributed by atoms with Crippen molar-refractivity contribution in [3.63, 3.8) is 0 Å². The standard InChI is InChI=1S/C17H15N3O4S2/c1-10-5-15(21)20-12(9-26-17(20)18-10)7-16(22)23-8-11-6-13(24-19-11)14-3-2-4-25-14/h2-6,12H,7-9H2,1H3/t12-/m0/s1. The lowest BCUT2D eigenvalue weighted by atomic mass is 10.2. The minimum Gasteiger partial charge on any atom is -0.459 e. The Morgan fingerprint density at radius 3 is 3.15 bits per heavy atom. The fraction of sp³-hybridized carbons (Fsp3) is 0.294. The van der Waals surface area contributed by atoms with Crippen LogP contribution < -0.4 is 5.56 Å². The molecule has 0 radical (unpaired) electrons. The Hall–Kier alpha value is -2.39. The number of carbonyl (C=O) groups is 1. The van der Waals surface area contributed by atoms with E-state index in [-0.39, 0.29) is 30.6 Å². The molecule has 0 N–H and O–H groups in total. The van der Waals surface area contributed by atoms with E-state index in [4.69, 9.17) is 9.26 Å². The van der Waals surface area contributed by atoms with Crippen molar-refractivity contribution < 1.29 is 14.1 Å². The molecule has 0 amide bonds. The first-order chi connectivity index (χ1) is 12.6. The molecular weight excluding hydrogens is 374 g/mol. The van der Waals surface area contributed by atoms with Crippen LogP contribution in [0, 0.1) is 6.92 Å². The van der Waals surface area contributed by atoms with Crippen molar-refractivity contribution in [2.45, 2.75) is 31.1 Å². The maximum absolute atomic E-state index is 12.2. The lowest BCUT2D eigenvalue weighted by molar-refractivity contribution is -0.145. The monoisotopic (exact) mass is 389 g/mol. The quantitative estimate of drug-likeness (QED) is 0.489. The molecule has 0 saturated carbocycles. The molecule has 7 nitrogen and oxygen atoms in total. The van der Waals surface area contributed by atoms with E-state index >= 15 is 0 Å². The zero-order valence-electron chi connectivity index (χ0n) is 13.9. The van der Waals surface area contributed by atoms with Crippen LogP contribution >= 0.6 is 23.1 Å². The highest BCUT2D eigenvalue weighted by Crippen LogP contribution is 2.32. The zero-order chi connectivity index (χ0) is 18.1. The van der Waals surface area contributed by atoms with Gasteiger partial charge in [-0.2, -0.15) is 0 Å². The highest BCUT2D eigenvalue weighted by molar-refractivity contribution is 7.99. The molecule has 0 aliphatic carbocycles. The number of rotatable bonds is 5. The summed E-state index contributed by atoms with van der Waals surface area (Å²) >= 11 is 3.03. The fourth-order valence-corrected chi connectivity index (χ4v) is 4.60. The van der Waals surface area contributed by atoms with Gasteiger partial charge in [-0.3, -0.25) is 14.2 Å². The topological polar surface area (TPSA) is 87.2 Å². The van der Waals surface area contributed by atoms with Crippen molar-refractivity contribution in [3.05, 3.63) is 51.4 Å². The smallest absolute Gasteiger partial charge is 0.308 e. The van der Waals surface area contributed by atoms with E-state index < -0.39 is 0 Å². The number of ether oxygens (including phenoxy) is 1. The lowest BCUT2D eigenvalue weighted by Crippen LogP contribution is -2.26. The molecule has 0 fully saturated rings. The average molecular weight is 389 g/mol. The third-order valence-electron chi connectivity index (χ3n) is 3.92. The second-order valence-electron chi connectivity index (χ2n) is 5.88. The van der Waals surface area contributed by atoms with E-state index in [1.54, 1.807) is 28.9 Å². The lowest BCUT2D eigenvalue weighted by Gasteiger charge is -2.12. The second-order valence-corrected chi connectivity index (χ2v) is 7.81. The number of thioether (sulfide) groups is 1. The van der Waals surface area contributed by atoms with Gasteiger partial charge in [0, 0.05) is 23.6 Å². The van der Waals surface area contributed by atoms with Crippen molar-refractivity contribution >= 4 is 29.1 Å². The molecular formula is C17H15N3O4S2. The highest BCUT2D eigenvalue weighted by Gasteiger charge is 2.28. The number of fused-ring (bicyclic) bond motifs is 1. The largest absolute Gasteiger partial charge is 0.459 e. The van der Waals surface area contributed by atoms with E-state index in [1.807, 2.05) is 17.5 Å². The molecule has 26 heavy (non-hydrogen) atoms. The van der Waals surface area contributed by atoms with Crippen LogP contribution in [0.5, 0.6) is 0 Å². The normalized spacial score (nSPS) is 15.8. The summed E-state index contributed by atoms with van der Waals surface area (Å²) in [6.45, 7) is 1.83. The predicted octanol–water partition coefficient (Wildman–Crippen LogP) is 3.05. The zero-order valence-corrected chi connectivity index (χ0v) is 15.5. The third kappa shape index (κ3) is 3.45. The first-order valence-electron chi connectivity index (χ1n) is 7.98. The van der Waals surface area contributed by atoms with Crippen LogP contribution in [0.1, 0.15) is 23.9 Å². The molecule has 3 aromatic heterocycles. The van der Waals surface area contributed by atoms with Crippen molar-refractivity contribution in [2.24, 2.45) is 0 Å². The van der Waals surface area contributed by atoms with Gasteiger partial charge in [0.15, 0.2) is 10.9 Å². The average Bonchev–Trinajstić information content (AvgIpc) is 3.33. The van der Waals surface area contributed by atoms with E-state index in [0.29, 0.717) is 28.1 Å². The molecule has 1 atom stereocenters. The van der Waals surface area contributed by atoms with Gasteiger partial charge in [-0.1, -0.05) is 23.0 Å². The first-order valence-corrected chi connectivity index (χ1v) is 9.85. The Morgan fingerprint density at radius 2 is 2.35 bits per heavy atom. The van der Waals surface area contributed by atoms with Gasteiger partial charge < -0.3 is 9.26 Å². The summed E-state index contributed by atoms with van der Waals surface area (Å²) in [5.74, 6) is 0.907. The maximum atomic E-state index is 12.2. The third-order valence-corrected chi connectivity index (χ3v) is 5.91. The Morgan fingerprint density at radius 1 is 1.46 bits per heavy atom. The molecule has 0 saturated heterocycles. The number of thiophene rings is 1. The Balaban J connectivity index is 1.37. The van der Waals surface area contributed by atoms with Gasteiger partial charge in [-0.25, -0.2) is 4.98 Å². The van der Waals surface area contributed by atoms with Gasteiger partial charge in [-0.05, 0) is 18.4 Å². The first kappa shape index (κ1) is 17.0. The second kappa shape index (κ2) is 7.08. The van der Waals surface area contributed by atoms with Crippen molar-refractivity contribution in [3.8, 4) is 10.6 Å². The molecule has 0 aromatic carbocycles. The van der Waals surface area contributed by atoms with E-state index in [9.17, 15) is 9.59 Å². The minimum atomic E-state index is -0.378. The molecule has 134 valence electrons. The molecule has 1 aliphatic rings.